The standard InChI is InChI=1S/C6H11ClO4S.C2H3ClO4S/c1-4-11-5(8)6(2,3)12(7,9)10;3-8(6,7)1-2(4)5/h4H2,1-3H3;1H2,(H,4,5). The molecule has 0 saturated heterocycles. The van der Waals surface area contributed by atoms with Crippen molar-refractivity contribution in [2.75, 3.05) is 12.4 Å². The van der Waals surface area contributed by atoms with Gasteiger partial charge in [-0.2, -0.15) is 0 Å². The van der Waals surface area contributed by atoms with E-state index < -0.39 is 40.5 Å². The molecule has 1 N–H and O–H groups in total. The summed E-state index contributed by atoms with van der Waals surface area (Å²) < 4.78 is 44.2. The number of aliphatic carboxylic acids is 1. The predicted octanol–water partition coefficient (Wildman–Crippen LogP) is 0.536. The maximum Gasteiger partial charge on any atom is 0.328 e. The summed E-state index contributed by atoms with van der Waals surface area (Å²) in [6, 6.07) is 0. The van der Waals surface area contributed by atoms with Gasteiger partial charge in [-0.3, -0.25) is 9.59 Å². The highest BCUT2D eigenvalue weighted by molar-refractivity contribution is 8.15. The second-order valence-corrected chi connectivity index (χ2v) is 9.64. The number of hydrogen-bond acceptors (Lipinski definition) is 7. The molecule has 8 nitrogen and oxygen atoms in total. The van der Waals surface area contributed by atoms with E-state index in [1.54, 1.807) is 6.92 Å². The molecule has 20 heavy (non-hydrogen) atoms. The third kappa shape index (κ3) is 9.34. The quantitative estimate of drug-likeness (QED) is 0.545. The Morgan fingerprint density at radius 3 is 1.70 bits per heavy atom. The van der Waals surface area contributed by atoms with Gasteiger partial charge in [0.1, 0.15) is 0 Å². The Labute approximate surface area is 125 Å². The van der Waals surface area contributed by atoms with Crippen LogP contribution in [0, 0.1) is 0 Å². The van der Waals surface area contributed by atoms with Crippen molar-refractivity contribution in [3.05, 3.63) is 0 Å². The zero-order valence-corrected chi connectivity index (χ0v) is 13.9. The monoisotopic (exact) mass is 372 g/mol. The maximum atomic E-state index is 11.0. The molecule has 0 saturated carbocycles. The molecule has 120 valence electrons. The van der Waals surface area contributed by atoms with E-state index in [2.05, 4.69) is 15.4 Å². The van der Waals surface area contributed by atoms with Crippen LogP contribution in [0.15, 0.2) is 0 Å². The van der Waals surface area contributed by atoms with E-state index in [9.17, 15) is 26.4 Å². The fourth-order valence-electron chi connectivity index (χ4n) is 0.552. The zero-order valence-electron chi connectivity index (χ0n) is 10.8. The molecule has 12 heteroatoms. The molecule has 0 rings (SSSR count). The summed E-state index contributed by atoms with van der Waals surface area (Å²) in [4.78, 5) is 20.6. The molecule has 0 aliphatic heterocycles. The number of ether oxygens (including phenoxy) is 1. The van der Waals surface area contributed by atoms with Crippen molar-refractivity contribution in [3.8, 4) is 0 Å². The van der Waals surface area contributed by atoms with Crippen LogP contribution in [0.1, 0.15) is 20.8 Å². The Morgan fingerprint density at radius 2 is 1.55 bits per heavy atom. The van der Waals surface area contributed by atoms with Gasteiger partial charge in [0, 0.05) is 21.4 Å². The highest BCUT2D eigenvalue weighted by atomic mass is 35.7. The second-order valence-electron chi connectivity index (χ2n) is 3.75. The number of halogens is 2. The number of rotatable bonds is 5. The molecule has 0 amide bonds. The van der Waals surface area contributed by atoms with Crippen molar-refractivity contribution in [2.45, 2.75) is 25.5 Å². The van der Waals surface area contributed by atoms with E-state index >= 15 is 0 Å². The number of carbonyl (C=O) groups is 2. The van der Waals surface area contributed by atoms with Gasteiger partial charge in [0.25, 0.3) is 0 Å². The lowest BCUT2D eigenvalue weighted by molar-refractivity contribution is -0.145. The summed E-state index contributed by atoms with van der Waals surface area (Å²) in [5.74, 6) is -3.30. The van der Waals surface area contributed by atoms with Gasteiger partial charge in [0.2, 0.25) is 18.1 Å². The normalized spacial score (nSPS) is 12.1. The van der Waals surface area contributed by atoms with Crippen LogP contribution in [0.3, 0.4) is 0 Å². The molecule has 0 aliphatic rings. The molecule has 0 bridgehead atoms. The highest BCUT2D eigenvalue weighted by Crippen LogP contribution is 2.22. The fraction of sp³-hybridized carbons (Fsp3) is 0.750. The molecule has 0 spiro atoms. The minimum atomic E-state index is -3.93. The highest BCUT2D eigenvalue weighted by Gasteiger charge is 2.42. The first-order valence-electron chi connectivity index (χ1n) is 4.90. The van der Waals surface area contributed by atoms with Crippen molar-refractivity contribution in [3.63, 3.8) is 0 Å². The molecule has 0 aromatic carbocycles. The van der Waals surface area contributed by atoms with E-state index in [-0.39, 0.29) is 6.61 Å². The zero-order chi connectivity index (χ0) is 16.8. The van der Waals surface area contributed by atoms with Crippen molar-refractivity contribution in [1.29, 1.82) is 0 Å². The van der Waals surface area contributed by atoms with Crippen molar-refractivity contribution in [2.24, 2.45) is 0 Å². The summed E-state index contributed by atoms with van der Waals surface area (Å²) in [5, 5.41) is 7.79. The predicted molar refractivity (Wildman–Crippen MR) is 72.8 cm³/mol. The van der Waals surface area contributed by atoms with Crippen molar-refractivity contribution < 1.29 is 36.3 Å². The van der Waals surface area contributed by atoms with Crippen LogP contribution in [-0.2, 0) is 32.4 Å². The lowest BCUT2D eigenvalue weighted by Crippen LogP contribution is -2.39. The molecular formula is C8H14Cl2O8S2. The second kappa shape index (κ2) is 8.01. The molecule has 0 radical (unpaired) electrons. The van der Waals surface area contributed by atoms with Gasteiger partial charge in [0.05, 0.1) is 6.61 Å². The largest absolute Gasteiger partial charge is 0.480 e. The van der Waals surface area contributed by atoms with Gasteiger partial charge < -0.3 is 9.84 Å². The molecule has 0 fully saturated rings. The maximum absolute atomic E-state index is 11.0. The first-order chi connectivity index (χ1) is 8.65. The van der Waals surface area contributed by atoms with Crippen LogP contribution in [0.25, 0.3) is 0 Å². The van der Waals surface area contributed by atoms with Gasteiger partial charge in [-0.05, 0) is 20.8 Å². The summed E-state index contributed by atoms with van der Waals surface area (Å²) in [6.07, 6.45) is 0. The molecule has 0 aliphatic carbocycles. The third-order valence-electron chi connectivity index (χ3n) is 1.67. The Hall–Kier alpha value is -0.580. The van der Waals surface area contributed by atoms with E-state index in [0.717, 1.165) is 0 Å². The Balaban J connectivity index is 0. The Kier molecular flexibility index (Phi) is 8.69. The van der Waals surface area contributed by atoms with Gasteiger partial charge >= 0.3 is 11.9 Å². The summed E-state index contributed by atoms with van der Waals surface area (Å²) >= 11 is 0. The molecule has 0 heterocycles. The SMILES string of the molecule is CCOC(=O)C(C)(C)S(=O)(=O)Cl.O=C(O)CS(=O)(=O)Cl. The van der Waals surface area contributed by atoms with E-state index in [4.69, 9.17) is 15.8 Å². The number of esters is 1. The first-order valence-corrected chi connectivity index (χ1v) is 9.69. The van der Waals surface area contributed by atoms with Crippen LogP contribution in [0.5, 0.6) is 0 Å². The molecular weight excluding hydrogens is 359 g/mol. The third-order valence-corrected chi connectivity index (χ3v) is 5.13. The van der Waals surface area contributed by atoms with Crippen molar-refractivity contribution >= 4 is 51.4 Å². The molecule has 0 unspecified atom stereocenters. The van der Waals surface area contributed by atoms with Gasteiger partial charge in [-0.25, -0.2) is 16.8 Å². The topological polar surface area (TPSA) is 132 Å². The lowest BCUT2D eigenvalue weighted by atomic mass is 10.2. The summed E-state index contributed by atoms with van der Waals surface area (Å²) in [6.45, 7) is 4.13. The Morgan fingerprint density at radius 1 is 1.15 bits per heavy atom. The molecule has 0 aromatic heterocycles. The summed E-state index contributed by atoms with van der Waals surface area (Å²) in [5.41, 5.74) is 0. The Bertz CT molecular complexity index is 549. The van der Waals surface area contributed by atoms with Crippen LogP contribution in [0.4, 0.5) is 0 Å². The molecule has 0 atom stereocenters. The average Bonchev–Trinajstić information content (AvgIpc) is 2.12. The first kappa shape index (κ1) is 21.7. The number of carboxylic acids is 1. The summed E-state index contributed by atoms with van der Waals surface area (Å²) in [7, 11) is 1.77. The van der Waals surface area contributed by atoms with Crippen LogP contribution in [0.2, 0.25) is 0 Å². The van der Waals surface area contributed by atoms with Crippen LogP contribution >= 0.6 is 21.4 Å². The number of carbonyl (C=O) groups excluding carboxylic acids is 1. The van der Waals surface area contributed by atoms with Gasteiger partial charge in [-0.15, -0.1) is 0 Å². The fourth-order valence-corrected chi connectivity index (χ4v) is 1.57. The van der Waals surface area contributed by atoms with Crippen molar-refractivity contribution in [1.82, 2.24) is 0 Å². The van der Waals surface area contributed by atoms with E-state index in [1.165, 1.54) is 13.8 Å². The lowest BCUT2D eigenvalue weighted by Gasteiger charge is -2.17. The minimum absolute atomic E-state index is 0.134. The van der Waals surface area contributed by atoms with Gasteiger partial charge in [0.15, 0.2) is 10.5 Å². The van der Waals surface area contributed by atoms with Crippen LogP contribution in [-0.4, -0.2) is 51.0 Å². The average molecular weight is 373 g/mol. The van der Waals surface area contributed by atoms with E-state index in [1.807, 2.05) is 0 Å². The minimum Gasteiger partial charge on any atom is -0.480 e. The number of carboxylic acid groups (broad SMARTS) is 1. The molecule has 0 aromatic rings. The smallest absolute Gasteiger partial charge is 0.328 e. The van der Waals surface area contributed by atoms with Gasteiger partial charge in [-0.1, -0.05) is 0 Å². The number of hydrogen-bond donors (Lipinski definition) is 1. The van der Waals surface area contributed by atoms with E-state index in [0.29, 0.717) is 0 Å². The van der Waals surface area contributed by atoms with Crippen LogP contribution < -0.4 is 0 Å².